The van der Waals surface area contributed by atoms with E-state index in [9.17, 15) is 44.1 Å². The Bertz CT molecular complexity index is 2010. The van der Waals surface area contributed by atoms with Crippen LogP contribution < -0.4 is 10.6 Å². The maximum Gasteiger partial charge on any atom is 0.310 e. The molecule has 0 aromatic carbocycles. The van der Waals surface area contributed by atoms with Gasteiger partial charge in [-0.1, -0.05) is 149 Å². The molecular formula is C62H96N2O15. The van der Waals surface area contributed by atoms with Gasteiger partial charge >= 0.3 is 23.9 Å². The third-order valence-corrected chi connectivity index (χ3v) is 12.0. The number of aliphatic hydroxyl groups is 4. The molecule has 17 heteroatoms. The Morgan fingerprint density at radius 2 is 0.848 bits per heavy atom. The first-order valence-corrected chi connectivity index (χ1v) is 27.9. The monoisotopic (exact) mass is 1110 g/mol. The van der Waals surface area contributed by atoms with Gasteiger partial charge in [0.2, 0.25) is 18.1 Å². The fourth-order valence-electron chi connectivity index (χ4n) is 7.62. The average Bonchev–Trinajstić information content (AvgIpc) is 3.43. The molecule has 0 saturated carbocycles. The summed E-state index contributed by atoms with van der Waals surface area (Å²) in [7, 11) is 0. The minimum absolute atomic E-state index is 0.0113. The summed E-state index contributed by atoms with van der Waals surface area (Å²) < 4.78 is 25.4. The summed E-state index contributed by atoms with van der Waals surface area (Å²) in [6.07, 6.45) is 49.4. The van der Waals surface area contributed by atoms with Crippen molar-refractivity contribution in [3.05, 3.63) is 122 Å². The van der Waals surface area contributed by atoms with Crippen molar-refractivity contribution < 1.29 is 72.9 Å². The molecule has 0 spiro atoms. The van der Waals surface area contributed by atoms with E-state index in [0.29, 0.717) is 12.8 Å². The van der Waals surface area contributed by atoms with E-state index in [0.717, 1.165) is 83.5 Å². The molecule has 6 N–H and O–H groups in total. The van der Waals surface area contributed by atoms with E-state index in [1.807, 2.05) is 19.9 Å². The standard InChI is InChI=1S/C32H49NO6.C26H41NO6.C4H6O3/c1-6-7-8-9-10-11-12-13-14-15-16-17-18-19-20-21-22-23-30(36)33-31-26(3)25(2)29(24-37-27(4)34)39-32(31)38-28(5)35;1-2-3-4-5-6-7-8-9-10-11-12-13-14-15-16-17-18-19-22(29)27-23-25(31)24(30)21(20-28)33-26(23)32;1-3(5)7-4(2)6/h7-8,10-11,13-14,16-17,19-20,25-26,29,31-32H,6,9,12,15,18,21-24H2,1-5H3,(H,33,36);3-4,6-7,9-10,12-13,15-16,21,23-26,28,30-32H,2,5,8,11,14,17-20H2,1H3,(H,27,29);1-2H3/b8-7-,11-10-,14-13-,17-16-,20-19-;4-3-,7-6-,10-9-,13-12-,16-15-;/t25-,26-,29?,31?,32+;21?,23?,24-,25-,26-;/m01./s1. The zero-order valence-electron chi connectivity index (χ0n) is 48.3. The molecule has 4 unspecified atom stereocenters. The summed E-state index contributed by atoms with van der Waals surface area (Å²) in [5, 5.41) is 44.3. The Morgan fingerprint density at radius 3 is 1.19 bits per heavy atom. The molecule has 17 nitrogen and oxygen atoms in total. The zero-order valence-corrected chi connectivity index (χ0v) is 48.3. The fraction of sp³-hybridized carbons (Fsp3) is 0.581. The molecular weight excluding hydrogens is 1010 g/mol. The van der Waals surface area contributed by atoms with Crippen molar-refractivity contribution in [3.8, 4) is 0 Å². The third-order valence-electron chi connectivity index (χ3n) is 12.0. The van der Waals surface area contributed by atoms with Crippen LogP contribution in [0.5, 0.6) is 0 Å². The van der Waals surface area contributed by atoms with Crippen molar-refractivity contribution in [2.45, 2.75) is 207 Å². The lowest BCUT2D eigenvalue weighted by molar-refractivity contribution is -0.253. The Hall–Kier alpha value is -5.82. The molecule has 10 atom stereocenters. The van der Waals surface area contributed by atoms with Gasteiger partial charge in [-0.3, -0.25) is 28.8 Å². The average molecular weight is 1110 g/mol. The SMILES string of the molecule is CC(=O)OC(C)=O.CC/C=C\C/C=C\C/C=C\C/C=C\C/C=C\CCCC(=O)NC1[C@H](O)OC(CO)[C@@H](O)[C@@H]1O.CC/C=C\C/C=C\C/C=C\C/C=C\C/C=C\CCCC(=O)NC1[C@H](OC(C)=O)OC(COC(C)=O)[C@@H](C)[C@@H]1C. The van der Waals surface area contributed by atoms with Crippen molar-refractivity contribution in [2.24, 2.45) is 11.8 Å². The summed E-state index contributed by atoms with van der Waals surface area (Å²) in [5.41, 5.74) is 0. The van der Waals surface area contributed by atoms with Crippen LogP contribution in [0.25, 0.3) is 0 Å². The third kappa shape index (κ3) is 39.2. The number of carbonyl (C=O) groups excluding carboxylic acids is 6. The Kier molecular flexibility index (Phi) is 44.6. The van der Waals surface area contributed by atoms with Crippen LogP contribution in [-0.2, 0) is 52.5 Å². The first kappa shape index (κ1) is 73.2. The number of ether oxygens (including phenoxy) is 5. The number of amides is 2. The van der Waals surface area contributed by atoms with Gasteiger partial charge in [-0.05, 0) is 102 Å². The maximum atomic E-state index is 12.6. The summed E-state index contributed by atoms with van der Waals surface area (Å²) >= 11 is 0. The van der Waals surface area contributed by atoms with Crippen LogP contribution in [0.15, 0.2) is 122 Å². The summed E-state index contributed by atoms with van der Waals surface area (Å²) in [6.45, 7) is 12.8. The Morgan fingerprint density at radius 1 is 0.468 bits per heavy atom. The van der Waals surface area contributed by atoms with Crippen molar-refractivity contribution in [3.63, 3.8) is 0 Å². The van der Waals surface area contributed by atoms with Gasteiger partial charge in [0.25, 0.3) is 0 Å². The molecule has 0 aromatic heterocycles. The first-order chi connectivity index (χ1) is 37.9. The van der Waals surface area contributed by atoms with Gasteiger partial charge in [-0.2, -0.15) is 0 Å². The lowest BCUT2D eigenvalue weighted by Crippen LogP contribution is -2.64. The summed E-state index contributed by atoms with van der Waals surface area (Å²) in [4.78, 5) is 67.1. The lowest BCUT2D eigenvalue weighted by atomic mass is 9.82. The van der Waals surface area contributed by atoms with Crippen LogP contribution >= 0.6 is 0 Å². The topological polar surface area (TPSA) is 254 Å². The van der Waals surface area contributed by atoms with Crippen molar-refractivity contribution in [1.29, 1.82) is 0 Å². The predicted molar refractivity (Wildman–Crippen MR) is 308 cm³/mol. The number of hydrogen-bond donors (Lipinski definition) is 6. The number of unbranched alkanes of at least 4 members (excludes halogenated alkanes) is 2. The molecule has 0 aliphatic carbocycles. The number of carbonyl (C=O) groups is 6. The van der Waals surface area contributed by atoms with Crippen LogP contribution in [0.3, 0.4) is 0 Å². The van der Waals surface area contributed by atoms with Crippen LogP contribution in [0.4, 0.5) is 0 Å². The number of allylic oxidation sites excluding steroid dienone is 20. The van der Waals surface area contributed by atoms with E-state index in [2.05, 4.69) is 145 Å². The molecule has 0 radical (unpaired) electrons. The Labute approximate surface area is 471 Å². The maximum absolute atomic E-state index is 12.6. The van der Waals surface area contributed by atoms with E-state index in [-0.39, 0.29) is 36.7 Å². The minimum atomic E-state index is -1.49. The molecule has 0 aromatic rings. The van der Waals surface area contributed by atoms with Gasteiger partial charge in [0.1, 0.15) is 31.0 Å². The molecule has 0 bridgehead atoms. The van der Waals surface area contributed by atoms with E-state index < -0.39 is 79.6 Å². The number of aliphatic hydroxyl groups excluding tert-OH is 4. The molecule has 2 saturated heterocycles. The quantitative estimate of drug-likeness (QED) is 0.0121. The van der Waals surface area contributed by atoms with E-state index in [1.165, 1.54) is 27.7 Å². The van der Waals surface area contributed by atoms with Gasteiger partial charge in [-0.25, -0.2) is 0 Å². The number of esters is 4. The molecule has 2 rings (SSSR count). The van der Waals surface area contributed by atoms with Crippen LogP contribution in [-0.4, -0.2) is 118 Å². The summed E-state index contributed by atoms with van der Waals surface area (Å²) in [6, 6.07) is -1.61. The largest absolute Gasteiger partial charge is 0.463 e. The molecule has 2 fully saturated rings. The van der Waals surface area contributed by atoms with E-state index in [1.54, 1.807) is 0 Å². The van der Waals surface area contributed by atoms with Gasteiger partial charge in [0.05, 0.1) is 18.8 Å². The number of hydrogen-bond acceptors (Lipinski definition) is 15. The highest BCUT2D eigenvalue weighted by atomic mass is 16.7. The lowest BCUT2D eigenvalue weighted by Gasteiger charge is -2.44. The van der Waals surface area contributed by atoms with E-state index in [4.69, 9.17) is 24.1 Å². The smallest absolute Gasteiger partial charge is 0.310 e. The van der Waals surface area contributed by atoms with Crippen molar-refractivity contribution in [1.82, 2.24) is 10.6 Å². The van der Waals surface area contributed by atoms with Gasteiger partial charge < -0.3 is 54.7 Å². The highest BCUT2D eigenvalue weighted by molar-refractivity contribution is 5.82. The number of nitrogens with one attached hydrogen (secondary N) is 2. The van der Waals surface area contributed by atoms with Gasteiger partial charge in [-0.15, -0.1) is 0 Å². The molecule has 2 aliphatic rings. The van der Waals surface area contributed by atoms with Crippen molar-refractivity contribution >= 4 is 35.7 Å². The second-order valence-corrected chi connectivity index (χ2v) is 18.9. The highest BCUT2D eigenvalue weighted by Crippen LogP contribution is 2.32. The van der Waals surface area contributed by atoms with Crippen LogP contribution in [0.1, 0.15) is 158 Å². The highest BCUT2D eigenvalue weighted by Gasteiger charge is 2.45. The molecule has 79 heavy (non-hydrogen) atoms. The predicted octanol–water partition coefficient (Wildman–Crippen LogP) is 9.44. The van der Waals surface area contributed by atoms with Gasteiger partial charge in [0.15, 0.2) is 6.29 Å². The fourth-order valence-corrected chi connectivity index (χ4v) is 7.62. The van der Waals surface area contributed by atoms with Crippen LogP contribution in [0, 0.1) is 11.8 Å². The first-order valence-electron chi connectivity index (χ1n) is 27.9. The molecule has 2 amide bonds. The molecule has 2 aliphatic heterocycles. The molecule has 444 valence electrons. The van der Waals surface area contributed by atoms with Gasteiger partial charge in [0, 0.05) is 40.5 Å². The van der Waals surface area contributed by atoms with Crippen molar-refractivity contribution in [2.75, 3.05) is 13.2 Å². The second kappa shape index (κ2) is 48.1. The summed E-state index contributed by atoms with van der Waals surface area (Å²) in [5.74, 6) is -2.52. The van der Waals surface area contributed by atoms with E-state index >= 15 is 0 Å². The Balaban J connectivity index is 0.00000139. The molecule has 2 heterocycles. The van der Waals surface area contributed by atoms with Crippen LogP contribution in [0.2, 0.25) is 0 Å². The normalized spacial score (nSPS) is 23.5. The zero-order chi connectivity index (χ0) is 59.1. The second-order valence-electron chi connectivity index (χ2n) is 18.9. The number of rotatable bonds is 32. The minimum Gasteiger partial charge on any atom is -0.463 e.